The molecule has 3 N–H and O–H groups in total. The van der Waals surface area contributed by atoms with E-state index in [0.29, 0.717) is 0 Å². The quantitative estimate of drug-likeness (QED) is 0.727. The number of hydrogen-bond donors (Lipinski definition) is 2. The van der Waals surface area contributed by atoms with Gasteiger partial charge in [0, 0.05) is 13.1 Å². The number of likely N-dealkylation sites (tertiary alicyclic amines) is 1. The van der Waals surface area contributed by atoms with E-state index in [1.807, 2.05) is 4.90 Å². The second kappa shape index (κ2) is 4.64. The monoisotopic (exact) mass is 239 g/mol. The summed E-state index contributed by atoms with van der Waals surface area (Å²) in [5.74, 6) is -0.169. The van der Waals surface area contributed by atoms with Crippen LogP contribution in [-0.2, 0) is 9.59 Å². The molecule has 5 nitrogen and oxygen atoms in total. The fourth-order valence-electron chi connectivity index (χ4n) is 2.15. The molecule has 2 rings (SSSR count). The Kier molecular flexibility index (Phi) is 3.38. The molecule has 2 aliphatic rings. The lowest BCUT2D eigenvalue weighted by atomic mass is 10.1. The Morgan fingerprint density at radius 2 is 1.82 bits per heavy atom. The van der Waals surface area contributed by atoms with Gasteiger partial charge in [-0.2, -0.15) is 0 Å². The molecule has 2 amide bonds. The molecule has 1 aliphatic carbocycles. The number of hydrogen-bond acceptors (Lipinski definition) is 3. The van der Waals surface area contributed by atoms with Crippen LogP contribution in [0.15, 0.2) is 0 Å². The van der Waals surface area contributed by atoms with E-state index >= 15 is 0 Å². The van der Waals surface area contributed by atoms with E-state index in [2.05, 4.69) is 5.32 Å². The van der Waals surface area contributed by atoms with Crippen molar-refractivity contribution in [1.82, 2.24) is 10.2 Å². The molecule has 1 aliphatic heterocycles. The van der Waals surface area contributed by atoms with E-state index in [0.717, 1.165) is 38.8 Å². The number of nitrogens with two attached hydrogens (primary N) is 1. The molecule has 0 spiro atoms. The predicted octanol–water partition coefficient (Wildman–Crippen LogP) is -0.00510. The average molecular weight is 239 g/mol. The predicted molar refractivity (Wildman–Crippen MR) is 64.2 cm³/mol. The van der Waals surface area contributed by atoms with Gasteiger partial charge < -0.3 is 16.0 Å². The van der Waals surface area contributed by atoms with Crippen molar-refractivity contribution in [3.05, 3.63) is 0 Å². The summed E-state index contributed by atoms with van der Waals surface area (Å²) in [6, 6.07) is -0.457. The Balaban J connectivity index is 1.84. The van der Waals surface area contributed by atoms with Crippen molar-refractivity contribution < 1.29 is 9.59 Å². The molecule has 17 heavy (non-hydrogen) atoms. The number of carbonyl (C=O) groups excluding carboxylic acids is 2. The molecule has 1 saturated carbocycles. The molecule has 5 heteroatoms. The minimum absolute atomic E-state index is 0.0160. The maximum atomic E-state index is 12.1. The average Bonchev–Trinajstić information content (AvgIpc) is 3.09. The van der Waals surface area contributed by atoms with Crippen LogP contribution in [-0.4, -0.2) is 41.4 Å². The normalized spacial score (nSPS) is 24.0. The molecule has 1 atom stereocenters. The number of carbonyl (C=O) groups is 2. The van der Waals surface area contributed by atoms with Crippen LogP contribution < -0.4 is 11.1 Å². The Morgan fingerprint density at radius 1 is 1.24 bits per heavy atom. The van der Waals surface area contributed by atoms with Gasteiger partial charge in [0.05, 0.1) is 5.54 Å². The zero-order valence-electron chi connectivity index (χ0n) is 10.4. The molecular weight excluding hydrogens is 218 g/mol. The van der Waals surface area contributed by atoms with Crippen molar-refractivity contribution in [2.24, 2.45) is 5.73 Å². The van der Waals surface area contributed by atoms with Crippen LogP contribution in [0.2, 0.25) is 0 Å². The highest BCUT2D eigenvalue weighted by atomic mass is 16.2. The third-order valence-corrected chi connectivity index (χ3v) is 3.63. The molecule has 1 saturated heterocycles. The number of rotatable bonds is 3. The molecule has 1 heterocycles. The van der Waals surface area contributed by atoms with Gasteiger partial charge in [0.25, 0.3) is 0 Å². The summed E-state index contributed by atoms with van der Waals surface area (Å²) in [6.45, 7) is 3.36. The highest BCUT2D eigenvalue weighted by molar-refractivity contribution is 5.93. The summed E-state index contributed by atoms with van der Waals surface area (Å²) in [5, 5.41) is 2.72. The molecule has 2 fully saturated rings. The van der Waals surface area contributed by atoms with Gasteiger partial charge in [-0.05, 0) is 39.0 Å². The van der Waals surface area contributed by atoms with Crippen molar-refractivity contribution in [2.75, 3.05) is 13.1 Å². The van der Waals surface area contributed by atoms with Crippen LogP contribution in [0.4, 0.5) is 0 Å². The Hall–Kier alpha value is -1.10. The molecule has 0 aromatic heterocycles. The van der Waals surface area contributed by atoms with Gasteiger partial charge >= 0.3 is 0 Å². The van der Waals surface area contributed by atoms with Crippen LogP contribution in [0.25, 0.3) is 0 Å². The largest absolute Gasteiger partial charge is 0.343 e. The maximum Gasteiger partial charge on any atom is 0.244 e. The summed E-state index contributed by atoms with van der Waals surface area (Å²) in [5.41, 5.74) is 5.08. The summed E-state index contributed by atoms with van der Waals surface area (Å²) < 4.78 is 0. The van der Waals surface area contributed by atoms with Crippen LogP contribution in [0.1, 0.15) is 39.0 Å². The number of nitrogens with zero attached hydrogens (tertiary/aromatic N) is 1. The third-order valence-electron chi connectivity index (χ3n) is 3.63. The van der Waals surface area contributed by atoms with Gasteiger partial charge in [0.15, 0.2) is 0 Å². The lowest BCUT2D eigenvalue weighted by Crippen LogP contribution is -2.53. The van der Waals surface area contributed by atoms with Crippen LogP contribution in [0.5, 0.6) is 0 Å². The van der Waals surface area contributed by atoms with E-state index < -0.39 is 11.6 Å². The summed E-state index contributed by atoms with van der Waals surface area (Å²) >= 11 is 0. The van der Waals surface area contributed by atoms with Crippen molar-refractivity contribution >= 4 is 11.8 Å². The molecule has 0 aromatic carbocycles. The molecule has 96 valence electrons. The summed E-state index contributed by atoms with van der Waals surface area (Å²) in [7, 11) is 0. The molecule has 0 bridgehead atoms. The van der Waals surface area contributed by atoms with Crippen molar-refractivity contribution in [2.45, 2.75) is 50.6 Å². The molecular formula is C12H21N3O2. The number of amides is 2. The lowest BCUT2D eigenvalue weighted by Gasteiger charge is -2.29. The fraction of sp³-hybridized carbons (Fsp3) is 0.833. The first-order chi connectivity index (χ1) is 8.03. The first-order valence-electron chi connectivity index (χ1n) is 6.41. The molecule has 0 radical (unpaired) electrons. The zero-order chi connectivity index (χ0) is 12.5. The second-order valence-electron chi connectivity index (χ2n) is 5.24. The first kappa shape index (κ1) is 12.4. The number of piperidine rings is 1. The van der Waals surface area contributed by atoms with Crippen LogP contribution >= 0.6 is 0 Å². The van der Waals surface area contributed by atoms with Crippen molar-refractivity contribution in [3.63, 3.8) is 0 Å². The molecule has 0 aromatic rings. The van der Waals surface area contributed by atoms with Crippen LogP contribution in [0, 0.1) is 0 Å². The van der Waals surface area contributed by atoms with Gasteiger partial charge in [0.1, 0.15) is 6.04 Å². The highest BCUT2D eigenvalue weighted by Gasteiger charge is 2.46. The van der Waals surface area contributed by atoms with E-state index in [4.69, 9.17) is 5.73 Å². The lowest BCUT2D eigenvalue weighted by molar-refractivity contribution is -0.137. The van der Waals surface area contributed by atoms with Gasteiger partial charge in [-0.15, -0.1) is 0 Å². The smallest absolute Gasteiger partial charge is 0.244 e. The van der Waals surface area contributed by atoms with Gasteiger partial charge in [-0.1, -0.05) is 0 Å². The Bertz CT molecular complexity index is 320. The minimum atomic E-state index is -0.698. The second-order valence-corrected chi connectivity index (χ2v) is 5.24. The van der Waals surface area contributed by atoms with E-state index in [1.165, 1.54) is 6.42 Å². The van der Waals surface area contributed by atoms with Gasteiger partial charge in [0.2, 0.25) is 11.8 Å². The van der Waals surface area contributed by atoms with E-state index in [-0.39, 0.29) is 11.8 Å². The van der Waals surface area contributed by atoms with Crippen molar-refractivity contribution in [3.8, 4) is 0 Å². The first-order valence-corrected chi connectivity index (χ1v) is 6.41. The summed E-state index contributed by atoms with van der Waals surface area (Å²) in [4.78, 5) is 25.6. The minimum Gasteiger partial charge on any atom is -0.343 e. The van der Waals surface area contributed by atoms with Gasteiger partial charge in [-0.25, -0.2) is 0 Å². The Labute approximate surface area is 102 Å². The summed E-state index contributed by atoms with van der Waals surface area (Å²) in [6.07, 6.45) is 4.77. The van der Waals surface area contributed by atoms with Gasteiger partial charge in [-0.3, -0.25) is 9.59 Å². The zero-order valence-corrected chi connectivity index (χ0v) is 10.4. The Morgan fingerprint density at radius 3 is 2.35 bits per heavy atom. The SMILES string of the molecule is CC(NC(=O)C1(N)CC1)C(=O)N1CCCCC1. The van der Waals surface area contributed by atoms with Crippen LogP contribution in [0.3, 0.4) is 0 Å². The van der Waals surface area contributed by atoms with E-state index in [1.54, 1.807) is 6.92 Å². The third kappa shape index (κ3) is 2.77. The number of nitrogens with one attached hydrogen (secondary N) is 1. The van der Waals surface area contributed by atoms with E-state index in [9.17, 15) is 9.59 Å². The topological polar surface area (TPSA) is 75.4 Å². The van der Waals surface area contributed by atoms with Crippen molar-refractivity contribution in [1.29, 1.82) is 0 Å². The molecule has 1 unspecified atom stereocenters. The standard InChI is InChI=1S/C12H21N3O2/c1-9(14-11(17)12(13)5-6-12)10(16)15-7-3-2-4-8-15/h9H,2-8,13H2,1H3,(H,14,17). The fourth-order valence-corrected chi connectivity index (χ4v) is 2.15. The maximum absolute atomic E-state index is 12.1. The highest BCUT2D eigenvalue weighted by Crippen LogP contribution is 2.32.